The van der Waals surface area contributed by atoms with Crippen LogP contribution in [0.3, 0.4) is 0 Å². The fourth-order valence-electron chi connectivity index (χ4n) is 2.96. The van der Waals surface area contributed by atoms with Gasteiger partial charge in [-0.15, -0.1) is 0 Å². The van der Waals surface area contributed by atoms with Gasteiger partial charge in [0, 0.05) is 17.7 Å². The Bertz CT molecular complexity index is 803. The minimum Gasteiger partial charge on any atom is -0.490 e. The van der Waals surface area contributed by atoms with Crippen LogP contribution < -0.4 is 15.0 Å². The first-order valence-corrected chi connectivity index (χ1v) is 9.73. The fraction of sp³-hybridized carbons (Fsp3) is 0.409. The van der Waals surface area contributed by atoms with Crippen molar-refractivity contribution in [3.8, 4) is 11.5 Å². The highest BCUT2D eigenvalue weighted by Crippen LogP contribution is 2.33. The van der Waals surface area contributed by atoms with Gasteiger partial charge in [-0.1, -0.05) is 30.3 Å². The van der Waals surface area contributed by atoms with Crippen LogP contribution in [0, 0.1) is 0 Å². The van der Waals surface area contributed by atoms with Crippen molar-refractivity contribution in [1.82, 2.24) is 10.4 Å². The Morgan fingerprint density at radius 1 is 1.00 bits per heavy atom. The Kier molecular flexibility index (Phi) is 6.90. The molecule has 150 valence electrons. The molecule has 0 spiro atoms. The molecule has 6 heteroatoms. The predicted molar refractivity (Wildman–Crippen MR) is 111 cm³/mol. The van der Waals surface area contributed by atoms with E-state index in [-0.39, 0.29) is 0 Å². The van der Waals surface area contributed by atoms with Crippen molar-refractivity contribution in [1.29, 1.82) is 0 Å². The van der Waals surface area contributed by atoms with E-state index in [0.717, 1.165) is 35.7 Å². The van der Waals surface area contributed by atoms with E-state index in [0.29, 0.717) is 19.0 Å². The van der Waals surface area contributed by atoms with Crippen LogP contribution in [0.1, 0.15) is 36.8 Å². The van der Waals surface area contributed by atoms with Crippen LogP contribution in [-0.4, -0.2) is 44.6 Å². The summed E-state index contributed by atoms with van der Waals surface area (Å²) in [7, 11) is 4.17. The molecule has 1 N–H and O–H groups in total. The van der Waals surface area contributed by atoms with Crippen molar-refractivity contribution in [2.75, 3.05) is 33.9 Å². The number of likely N-dealkylation sites (N-methyl/N-ethyl adjacent to an activating group) is 1. The van der Waals surface area contributed by atoms with Crippen molar-refractivity contribution in [3.63, 3.8) is 0 Å². The molecule has 0 saturated carbocycles. The van der Waals surface area contributed by atoms with Crippen LogP contribution >= 0.6 is 0 Å². The van der Waals surface area contributed by atoms with Gasteiger partial charge in [-0.3, -0.25) is 0 Å². The summed E-state index contributed by atoms with van der Waals surface area (Å²) in [5.41, 5.74) is 6.18. The maximum absolute atomic E-state index is 5.70. The number of amidine groups is 1. The smallest absolute Gasteiger partial charge is 0.202 e. The Balaban J connectivity index is 1.73. The van der Waals surface area contributed by atoms with E-state index in [2.05, 4.69) is 53.7 Å². The van der Waals surface area contributed by atoms with Gasteiger partial charge in [-0.25, -0.2) is 15.3 Å². The molecule has 0 bridgehead atoms. The zero-order valence-corrected chi connectivity index (χ0v) is 17.1. The normalized spacial score (nSPS) is 16.0. The highest BCUT2D eigenvalue weighted by Gasteiger charge is 2.22. The molecule has 1 unspecified atom stereocenters. The Labute approximate surface area is 167 Å². The van der Waals surface area contributed by atoms with Gasteiger partial charge in [0.2, 0.25) is 6.23 Å². The second-order valence-electron chi connectivity index (χ2n) is 6.87. The number of hydrogen-bond acceptors (Lipinski definition) is 6. The molecular formula is C22H29N3O3. The summed E-state index contributed by atoms with van der Waals surface area (Å²) in [5, 5.41) is 0. The molecule has 0 aliphatic carbocycles. The first kappa shape index (κ1) is 20.2. The second kappa shape index (κ2) is 9.57. The zero-order valence-electron chi connectivity index (χ0n) is 17.1. The van der Waals surface area contributed by atoms with Crippen LogP contribution in [0.15, 0.2) is 47.5 Å². The largest absolute Gasteiger partial charge is 0.490 e. The van der Waals surface area contributed by atoms with Crippen LogP contribution in [0.25, 0.3) is 0 Å². The molecule has 0 fully saturated rings. The quantitative estimate of drug-likeness (QED) is 0.717. The predicted octanol–water partition coefficient (Wildman–Crippen LogP) is 3.57. The lowest BCUT2D eigenvalue weighted by Gasteiger charge is -2.13. The maximum atomic E-state index is 5.70. The number of nitrogens with one attached hydrogen (secondary N) is 1. The molecular weight excluding hydrogens is 354 g/mol. The molecule has 0 amide bonds. The van der Waals surface area contributed by atoms with Crippen LogP contribution in [0.2, 0.25) is 0 Å². The molecule has 1 aliphatic heterocycles. The summed E-state index contributed by atoms with van der Waals surface area (Å²) in [6.07, 6.45) is 0.608. The SMILES string of the molecule is CCOc1ccc(C2N=C(c3ccc(CCN(C)C)cc3)NO2)cc1OCC. The third kappa shape index (κ3) is 5.03. The highest BCUT2D eigenvalue weighted by molar-refractivity contribution is 5.98. The molecule has 2 aromatic rings. The Morgan fingerprint density at radius 3 is 2.39 bits per heavy atom. The summed E-state index contributed by atoms with van der Waals surface area (Å²) >= 11 is 0. The molecule has 1 atom stereocenters. The summed E-state index contributed by atoms with van der Waals surface area (Å²) in [5.74, 6) is 2.17. The van der Waals surface area contributed by atoms with Gasteiger partial charge in [0.05, 0.1) is 13.2 Å². The van der Waals surface area contributed by atoms with Gasteiger partial charge < -0.3 is 14.4 Å². The monoisotopic (exact) mass is 383 g/mol. The van der Waals surface area contributed by atoms with E-state index in [4.69, 9.17) is 14.3 Å². The number of aliphatic imine (C=N–C) groups is 1. The van der Waals surface area contributed by atoms with Gasteiger partial charge >= 0.3 is 0 Å². The van der Waals surface area contributed by atoms with E-state index in [1.807, 2.05) is 32.0 Å². The van der Waals surface area contributed by atoms with Crippen LogP contribution in [-0.2, 0) is 11.3 Å². The van der Waals surface area contributed by atoms with E-state index < -0.39 is 6.23 Å². The van der Waals surface area contributed by atoms with Crippen LogP contribution in [0.5, 0.6) is 11.5 Å². The van der Waals surface area contributed by atoms with Crippen molar-refractivity contribution in [2.24, 2.45) is 4.99 Å². The van der Waals surface area contributed by atoms with E-state index >= 15 is 0 Å². The lowest BCUT2D eigenvalue weighted by Crippen LogP contribution is -2.18. The van der Waals surface area contributed by atoms with Gasteiger partial charge in [-0.2, -0.15) is 0 Å². The number of ether oxygens (including phenoxy) is 2. The molecule has 0 aromatic heterocycles. The lowest BCUT2D eigenvalue weighted by molar-refractivity contribution is 0.0375. The number of hydrogen-bond donors (Lipinski definition) is 1. The van der Waals surface area contributed by atoms with Crippen molar-refractivity contribution < 1.29 is 14.3 Å². The number of benzene rings is 2. The van der Waals surface area contributed by atoms with Gasteiger partial charge in [-0.05, 0) is 52.1 Å². The standard InChI is InChI=1S/C22H29N3O3/c1-5-26-19-12-11-18(15-20(19)27-6-2)22-23-21(24-28-22)17-9-7-16(8-10-17)13-14-25(3)4/h7-12,15,22H,5-6,13-14H2,1-4H3,(H,23,24). The zero-order chi connectivity index (χ0) is 19.9. The third-order valence-corrected chi connectivity index (χ3v) is 4.44. The minimum absolute atomic E-state index is 0.418. The molecule has 0 radical (unpaired) electrons. The first-order valence-electron chi connectivity index (χ1n) is 9.73. The summed E-state index contributed by atoms with van der Waals surface area (Å²) in [6, 6.07) is 14.2. The van der Waals surface area contributed by atoms with Crippen LogP contribution in [0.4, 0.5) is 0 Å². The molecule has 2 aromatic carbocycles. The van der Waals surface area contributed by atoms with Gasteiger partial charge in [0.25, 0.3) is 0 Å². The Hall–Kier alpha value is -2.57. The summed E-state index contributed by atoms with van der Waals surface area (Å²) < 4.78 is 11.3. The minimum atomic E-state index is -0.418. The average molecular weight is 383 g/mol. The number of rotatable bonds is 9. The summed E-state index contributed by atoms with van der Waals surface area (Å²) in [6.45, 7) is 6.10. The molecule has 6 nitrogen and oxygen atoms in total. The Morgan fingerprint density at radius 2 is 1.71 bits per heavy atom. The topological polar surface area (TPSA) is 55.3 Å². The van der Waals surface area contributed by atoms with E-state index in [1.165, 1.54) is 5.56 Å². The lowest BCUT2D eigenvalue weighted by atomic mass is 10.1. The van der Waals surface area contributed by atoms with Gasteiger partial charge in [0.15, 0.2) is 17.3 Å². The average Bonchev–Trinajstić information content (AvgIpc) is 3.19. The number of hydroxylamine groups is 1. The van der Waals surface area contributed by atoms with Crippen molar-refractivity contribution >= 4 is 5.84 Å². The van der Waals surface area contributed by atoms with E-state index in [1.54, 1.807) is 0 Å². The second-order valence-corrected chi connectivity index (χ2v) is 6.87. The van der Waals surface area contributed by atoms with E-state index in [9.17, 15) is 0 Å². The molecule has 3 rings (SSSR count). The molecule has 1 aliphatic rings. The number of nitrogens with zero attached hydrogens (tertiary/aromatic N) is 2. The third-order valence-electron chi connectivity index (χ3n) is 4.44. The van der Waals surface area contributed by atoms with Gasteiger partial charge in [0.1, 0.15) is 0 Å². The van der Waals surface area contributed by atoms with Crippen molar-refractivity contribution in [2.45, 2.75) is 26.5 Å². The molecule has 28 heavy (non-hydrogen) atoms. The first-order chi connectivity index (χ1) is 13.6. The van der Waals surface area contributed by atoms with Crippen molar-refractivity contribution in [3.05, 3.63) is 59.2 Å². The maximum Gasteiger partial charge on any atom is 0.202 e. The fourth-order valence-corrected chi connectivity index (χ4v) is 2.96. The summed E-state index contributed by atoms with van der Waals surface area (Å²) in [4.78, 5) is 12.6. The molecule has 1 heterocycles. The molecule has 0 saturated heterocycles. The highest BCUT2D eigenvalue weighted by atomic mass is 16.7.